The quantitative estimate of drug-likeness (QED) is 0.736. The van der Waals surface area contributed by atoms with Gasteiger partial charge in [0.15, 0.2) is 0 Å². The first-order valence-electron chi connectivity index (χ1n) is 7.49. The summed E-state index contributed by atoms with van der Waals surface area (Å²) in [7, 11) is -1.77. The molecule has 130 valence electrons. The first-order chi connectivity index (χ1) is 11.8. The Labute approximate surface area is 145 Å². The molecule has 0 fully saturated rings. The van der Waals surface area contributed by atoms with Gasteiger partial charge in [0, 0.05) is 18.9 Å². The number of aromatic nitrogens is 4. The van der Waals surface area contributed by atoms with Crippen molar-refractivity contribution < 1.29 is 8.42 Å². The summed E-state index contributed by atoms with van der Waals surface area (Å²) in [5.41, 5.74) is 3.22. The predicted octanol–water partition coefficient (Wildman–Crippen LogP) is 1.88. The molecule has 0 saturated heterocycles. The minimum atomic E-state index is -3.71. The minimum Gasteiger partial charge on any atom is -0.330 e. The van der Waals surface area contributed by atoms with Crippen LogP contribution in [0.2, 0.25) is 0 Å². The van der Waals surface area contributed by atoms with Crippen LogP contribution < -0.4 is 10.5 Å². The van der Waals surface area contributed by atoms with Crippen LogP contribution in [-0.4, -0.2) is 27.9 Å². The lowest BCUT2D eigenvalue weighted by Gasteiger charge is -2.08. The van der Waals surface area contributed by atoms with Crippen molar-refractivity contribution in [3.05, 3.63) is 48.0 Å². The Morgan fingerprint density at radius 1 is 1.08 bits per heavy atom. The molecule has 3 rings (SSSR count). The van der Waals surface area contributed by atoms with Gasteiger partial charge in [0.1, 0.15) is 5.82 Å². The van der Waals surface area contributed by atoms with E-state index in [2.05, 4.69) is 20.3 Å². The smallest absolute Gasteiger partial charge is 0.238 e. The summed E-state index contributed by atoms with van der Waals surface area (Å²) in [5, 5.41) is 8.14. The molecule has 8 nitrogen and oxygen atoms in total. The Morgan fingerprint density at radius 3 is 2.32 bits per heavy atom. The lowest BCUT2D eigenvalue weighted by Crippen LogP contribution is -2.11. The van der Waals surface area contributed by atoms with E-state index < -0.39 is 10.0 Å². The molecule has 3 aromatic rings. The molecule has 0 aliphatic heterocycles. The van der Waals surface area contributed by atoms with Crippen LogP contribution in [-0.2, 0) is 17.1 Å². The van der Waals surface area contributed by atoms with Gasteiger partial charge in [-0.2, -0.15) is 0 Å². The fourth-order valence-electron chi connectivity index (χ4n) is 2.54. The zero-order valence-corrected chi connectivity index (χ0v) is 14.9. The largest absolute Gasteiger partial charge is 0.330 e. The van der Waals surface area contributed by atoms with E-state index in [1.165, 1.54) is 12.1 Å². The third-order valence-electron chi connectivity index (χ3n) is 3.83. The fourth-order valence-corrected chi connectivity index (χ4v) is 3.06. The standard InChI is InChI=1S/C16H18N6O2S/c1-10-15(22(3)11(2)19-10)14-8-9-18-16(21-14)20-12-4-6-13(7-5-12)25(17,23)24/h4-9H,1-3H3,(H2,17,23,24)(H,18,20,21). The number of nitrogens with one attached hydrogen (secondary N) is 1. The van der Waals surface area contributed by atoms with Crippen LogP contribution in [0.15, 0.2) is 41.4 Å². The van der Waals surface area contributed by atoms with Gasteiger partial charge in [-0.3, -0.25) is 0 Å². The highest BCUT2D eigenvalue weighted by atomic mass is 32.2. The molecule has 0 radical (unpaired) electrons. The molecule has 0 aliphatic rings. The number of rotatable bonds is 4. The Morgan fingerprint density at radius 2 is 1.76 bits per heavy atom. The maximum absolute atomic E-state index is 11.3. The van der Waals surface area contributed by atoms with Crippen LogP contribution in [0.25, 0.3) is 11.4 Å². The highest BCUT2D eigenvalue weighted by Crippen LogP contribution is 2.23. The van der Waals surface area contributed by atoms with Crippen LogP contribution >= 0.6 is 0 Å². The number of hydrogen-bond donors (Lipinski definition) is 2. The molecule has 0 saturated carbocycles. The summed E-state index contributed by atoms with van der Waals surface area (Å²) in [6, 6.07) is 7.88. The van der Waals surface area contributed by atoms with Crippen LogP contribution in [0, 0.1) is 13.8 Å². The maximum atomic E-state index is 11.3. The van der Waals surface area contributed by atoms with Gasteiger partial charge in [0.2, 0.25) is 16.0 Å². The van der Waals surface area contributed by atoms with Gasteiger partial charge < -0.3 is 9.88 Å². The minimum absolute atomic E-state index is 0.0497. The van der Waals surface area contributed by atoms with Crippen molar-refractivity contribution in [1.29, 1.82) is 0 Å². The van der Waals surface area contributed by atoms with E-state index in [0.717, 1.165) is 22.9 Å². The van der Waals surface area contributed by atoms with Gasteiger partial charge in [-0.15, -0.1) is 0 Å². The van der Waals surface area contributed by atoms with Crippen molar-refractivity contribution in [2.75, 3.05) is 5.32 Å². The van der Waals surface area contributed by atoms with Crippen LogP contribution in [0.4, 0.5) is 11.6 Å². The second-order valence-corrected chi connectivity index (χ2v) is 7.17. The normalized spacial score (nSPS) is 11.5. The molecule has 1 aromatic carbocycles. The van der Waals surface area contributed by atoms with Crippen molar-refractivity contribution in [1.82, 2.24) is 19.5 Å². The molecule has 0 unspecified atom stereocenters. The van der Waals surface area contributed by atoms with Crippen molar-refractivity contribution in [3.8, 4) is 11.4 Å². The van der Waals surface area contributed by atoms with Crippen LogP contribution in [0.3, 0.4) is 0 Å². The number of nitrogens with zero attached hydrogens (tertiary/aromatic N) is 4. The molecular formula is C16H18N6O2S. The molecule has 0 aliphatic carbocycles. The Balaban J connectivity index is 1.90. The van der Waals surface area contributed by atoms with E-state index >= 15 is 0 Å². The van der Waals surface area contributed by atoms with Gasteiger partial charge >= 0.3 is 0 Å². The third-order valence-corrected chi connectivity index (χ3v) is 4.76. The number of aryl methyl sites for hydroxylation is 2. The van der Waals surface area contributed by atoms with Crippen LogP contribution in [0.1, 0.15) is 11.5 Å². The topological polar surface area (TPSA) is 116 Å². The molecule has 0 amide bonds. The Bertz CT molecular complexity index is 1030. The molecule has 9 heteroatoms. The zero-order chi connectivity index (χ0) is 18.2. The SMILES string of the molecule is Cc1nc(C)n(C)c1-c1ccnc(Nc2ccc(S(N)(=O)=O)cc2)n1. The molecule has 0 spiro atoms. The van der Waals surface area contributed by atoms with Gasteiger partial charge in [-0.25, -0.2) is 28.5 Å². The van der Waals surface area contributed by atoms with E-state index in [9.17, 15) is 8.42 Å². The van der Waals surface area contributed by atoms with Gasteiger partial charge in [-0.1, -0.05) is 0 Å². The lowest BCUT2D eigenvalue weighted by molar-refractivity contribution is 0.598. The fraction of sp³-hybridized carbons (Fsp3) is 0.188. The zero-order valence-electron chi connectivity index (χ0n) is 14.1. The van der Waals surface area contributed by atoms with E-state index in [0.29, 0.717) is 11.6 Å². The Kier molecular flexibility index (Phi) is 4.27. The number of hydrogen-bond acceptors (Lipinski definition) is 6. The highest BCUT2D eigenvalue weighted by Gasteiger charge is 2.13. The van der Waals surface area contributed by atoms with Crippen molar-refractivity contribution in [2.45, 2.75) is 18.7 Å². The molecule has 0 bridgehead atoms. The van der Waals surface area contributed by atoms with Gasteiger partial charge in [0.25, 0.3) is 0 Å². The average molecular weight is 358 g/mol. The third kappa shape index (κ3) is 3.52. The van der Waals surface area contributed by atoms with E-state index in [1.807, 2.05) is 31.5 Å². The maximum Gasteiger partial charge on any atom is 0.238 e. The second-order valence-electron chi connectivity index (χ2n) is 5.61. The summed E-state index contributed by atoms with van der Waals surface area (Å²) < 4.78 is 24.6. The first kappa shape index (κ1) is 17.1. The monoisotopic (exact) mass is 358 g/mol. The van der Waals surface area contributed by atoms with Crippen molar-refractivity contribution in [2.24, 2.45) is 12.2 Å². The van der Waals surface area contributed by atoms with Crippen LogP contribution in [0.5, 0.6) is 0 Å². The summed E-state index contributed by atoms with van der Waals surface area (Å²) in [5.74, 6) is 1.30. The molecule has 2 heterocycles. The van der Waals surface area contributed by atoms with Gasteiger partial charge in [-0.05, 0) is 44.2 Å². The van der Waals surface area contributed by atoms with Gasteiger partial charge in [0.05, 0.1) is 22.0 Å². The molecule has 3 N–H and O–H groups in total. The molecular weight excluding hydrogens is 340 g/mol. The summed E-state index contributed by atoms with van der Waals surface area (Å²) >= 11 is 0. The Hall–Kier alpha value is -2.78. The van der Waals surface area contributed by atoms with E-state index in [1.54, 1.807) is 18.3 Å². The van der Waals surface area contributed by atoms with Crippen molar-refractivity contribution >= 4 is 21.7 Å². The summed E-state index contributed by atoms with van der Waals surface area (Å²) in [6.07, 6.45) is 1.66. The highest BCUT2D eigenvalue weighted by molar-refractivity contribution is 7.89. The molecule has 25 heavy (non-hydrogen) atoms. The molecule has 2 aromatic heterocycles. The second kappa shape index (κ2) is 6.26. The average Bonchev–Trinajstić information content (AvgIpc) is 2.80. The molecule has 0 atom stereocenters. The van der Waals surface area contributed by atoms with E-state index in [-0.39, 0.29) is 4.90 Å². The number of anilines is 2. The lowest BCUT2D eigenvalue weighted by atomic mass is 10.2. The number of nitrogens with two attached hydrogens (primary N) is 1. The van der Waals surface area contributed by atoms with Crippen molar-refractivity contribution in [3.63, 3.8) is 0 Å². The summed E-state index contributed by atoms with van der Waals surface area (Å²) in [6.45, 7) is 3.87. The number of imidazole rings is 1. The number of benzene rings is 1. The number of primary sulfonamides is 1. The summed E-state index contributed by atoms with van der Waals surface area (Å²) in [4.78, 5) is 13.2. The predicted molar refractivity (Wildman–Crippen MR) is 94.8 cm³/mol. The van der Waals surface area contributed by atoms with E-state index in [4.69, 9.17) is 5.14 Å². The first-order valence-corrected chi connectivity index (χ1v) is 9.03. The number of sulfonamides is 1.